The van der Waals surface area contributed by atoms with E-state index in [1.807, 2.05) is 0 Å². The molecule has 0 saturated heterocycles. The van der Waals surface area contributed by atoms with Crippen LogP contribution >= 0.6 is 12.6 Å². The van der Waals surface area contributed by atoms with Crippen LogP contribution in [0.3, 0.4) is 0 Å². The third-order valence-electron chi connectivity index (χ3n) is 3.10. The minimum absolute atomic E-state index is 0.0331. The SMILES string of the molecule is COC(=O)c1cc2n(n1)CCCC2NC(=O)CCS. The number of nitrogens with one attached hydrogen (secondary N) is 1. The molecule has 1 aromatic rings. The van der Waals surface area contributed by atoms with Gasteiger partial charge in [-0.25, -0.2) is 4.79 Å². The molecule has 19 heavy (non-hydrogen) atoms. The van der Waals surface area contributed by atoms with Gasteiger partial charge in [-0.05, 0) is 24.7 Å². The molecule has 7 heteroatoms. The Kier molecular flexibility index (Phi) is 4.47. The summed E-state index contributed by atoms with van der Waals surface area (Å²) in [5, 5.41) is 7.15. The smallest absolute Gasteiger partial charge is 0.358 e. The van der Waals surface area contributed by atoms with Crippen molar-refractivity contribution < 1.29 is 14.3 Å². The molecule has 1 aromatic heterocycles. The van der Waals surface area contributed by atoms with Gasteiger partial charge in [0.15, 0.2) is 5.69 Å². The minimum atomic E-state index is -0.456. The Labute approximate surface area is 116 Å². The Morgan fingerprint density at radius 2 is 2.42 bits per heavy atom. The number of aromatic nitrogens is 2. The van der Waals surface area contributed by atoms with Gasteiger partial charge in [0.2, 0.25) is 5.91 Å². The number of carbonyl (C=O) groups excluding carboxylic acids is 2. The van der Waals surface area contributed by atoms with Gasteiger partial charge in [-0.3, -0.25) is 9.48 Å². The van der Waals surface area contributed by atoms with Crippen LogP contribution in [-0.2, 0) is 16.1 Å². The van der Waals surface area contributed by atoms with E-state index < -0.39 is 5.97 Å². The van der Waals surface area contributed by atoms with Crippen LogP contribution in [0.1, 0.15) is 41.5 Å². The zero-order chi connectivity index (χ0) is 13.8. The predicted molar refractivity (Wildman–Crippen MR) is 72.2 cm³/mol. The molecule has 0 fully saturated rings. The number of thiol groups is 1. The molecule has 0 spiro atoms. The van der Waals surface area contributed by atoms with Crippen molar-refractivity contribution in [3.8, 4) is 0 Å². The molecule has 0 saturated carbocycles. The molecule has 0 radical (unpaired) electrons. The topological polar surface area (TPSA) is 73.2 Å². The lowest BCUT2D eigenvalue weighted by atomic mass is 10.0. The molecule has 1 atom stereocenters. The zero-order valence-corrected chi connectivity index (χ0v) is 11.7. The van der Waals surface area contributed by atoms with Crippen molar-refractivity contribution in [3.63, 3.8) is 0 Å². The van der Waals surface area contributed by atoms with Gasteiger partial charge in [0.05, 0.1) is 18.8 Å². The number of amides is 1. The number of esters is 1. The van der Waals surface area contributed by atoms with Crippen molar-refractivity contribution >= 4 is 24.5 Å². The molecule has 0 aromatic carbocycles. The molecule has 0 aliphatic carbocycles. The number of ether oxygens (including phenoxy) is 1. The summed E-state index contributed by atoms with van der Waals surface area (Å²) in [5.74, 6) is 0.0298. The maximum absolute atomic E-state index is 11.6. The third-order valence-corrected chi connectivity index (χ3v) is 3.32. The summed E-state index contributed by atoms with van der Waals surface area (Å²) in [6, 6.07) is 1.60. The van der Waals surface area contributed by atoms with Gasteiger partial charge in [-0.2, -0.15) is 17.7 Å². The highest BCUT2D eigenvalue weighted by Gasteiger charge is 2.25. The number of hydrogen-bond acceptors (Lipinski definition) is 5. The highest BCUT2D eigenvalue weighted by atomic mass is 32.1. The van der Waals surface area contributed by atoms with E-state index in [9.17, 15) is 9.59 Å². The van der Waals surface area contributed by atoms with Crippen LogP contribution in [0.5, 0.6) is 0 Å². The van der Waals surface area contributed by atoms with Crippen molar-refractivity contribution in [2.45, 2.75) is 31.8 Å². The number of fused-ring (bicyclic) bond motifs is 1. The van der Waals surface area contributed by atoms with E-state index in [0.717, 1.165) is 25.1 Å². The van der Waals surface area contributed by atoms with Gasteiger partial charge >= 0.3 is 5.97 Å². The molecule has 1 aliphatic rings. The highest BCUT2D eigenvalue weighted by molar-refractivity contribution is 7.80. The molecular formula is C12H17N3O3S. The minimum Gasteiger partial charge on any atom is -0.464 e. The fraction of sp³-hybridized carbons (Fsp3) is 0.583. The molecule has 0 bridgehead atoms. The van der Waals surface area contributed by atoms with Gasteiger partial charge < -0.3 is 10.1 Å². The average Bonchev–Trinajstić information content (AvgIpc) is 2.83. The maximum Gasteiger partial charge on any atom is 0.358 e. The molecule has 1 unspecified atom stereocenters. The lowest BCUT2D eigenvalue weighted by molar-refractivity contribution is -0.121. The number of rotatable bonds is 4. The number of aryl methyl sites for hydroxylation is 1. The number of nitrogens with zero attached hydrogens (tertiary/aromatic N) is 2. The van der Waals surface area contributed by atoms with E-state index in [-0.39, 0.29) is 17.6 Å². The fourth-order valence-electron chi connectivity index (χ4n) is 2.20. The standard InChI is InChI=1S/C12H17N3O3S/c1-18-12(17)9-7-10-8(13-11(16)4-6-19)3-2-5-15(10)14-9/h7-8,19H,2-6H2,1H3,(H,13,16). The van der Waals surface area contributed by atoms with Crippen molar-refractivity contribution in [3.05, 3.63) is 17.5 Å². The third kappa shape index (κ3) is 3.09. The van der Waals surface area contributed by atoms with Crippen LogP contribution in [0.4, 0.5) is 0 Å². The van der Waals surface area contributed by atoms with E-state index in [1.165, 1.54) is 7.11 Å². The molecule has 1 N–H and O–H groups in total. The fourth-order valence-corrected chi connectivity index (χ4v) is 2.41. The number of carbonyl (C=O) groups is 2. The van der Waals surface area contributed by atoms with Crippen molar-refractivity contribution in [1.29, 1.82) is 0 Å². The van der Waals surface area contributed by atoms with Crippen LogP contribution in [0.25, 0.3) is 0 Å². The first-order chi connectivity index (χ1) is 9.15. The second-order valence-electron chi connectivity index (χ2n) is 4.41. The second-order valence-corrected chi connectivity index (χ2v) is 4.85. The Morgan fingerprint density at radius 1 is 1.63 bits per heavy atom. The summed E-state index contributed by atoms with van der Waals surface area (Å²) in [6.45, 7) is 0.755. The van der Waals surface area contributed by atoms with Crippen molar-refractivity contribution in [2.75, 3.05) is 12.9 Å². The summed E-state index contributed by atoms with van der Waals surface area (Å²) in [4.78, 5) is 23.1. The highest BCUT2D eigenvalue weighted by Crippen LogP contribution is 2.25. The van der Waals surface area contributed by atoms with E-state index in [0.29, 0.717) is 12.2 Å². The quantitative estimate of drug-likeness (QED) is 0.637. The summed E-state index contributed by atoms with van der Waals surface area (Å²) in [6.07, 6.45) is 2.16. The van der Waals surface area contributed by atoms with Gasteiger partial charge in [-0.15, -0.1) is 0 Å². The van der Waals surface area contributed by atoms with Crippen LogP contribution < -0.4 is 5.32 Å². The van der Waals surface area contributed by atoms with E-state index in [4.69, 9.17) is 0 Å². The Morgan fingerprint density at radius 3 is 3.11 bits per heavy atom. The molecule has 1 amide bonds. The largest absolute Gasteiger partial charge is 0.464 e. The Hall–Kier alpha value is -1.50. The summed E-state index contributed by atoms with van der Waals surface area (Å²) in [7, 11) is 1.33. The average molecular weight is 283 g/mol. The normalized spacial score (nSPS) is 17.7. The molecular weight excluding hydrogens is 266 g/mol. The van der Waals surface area contributed by atoms with Gasteiger partial charge in [0.1, 0.15) is 0 Å². The first-order valence-electron chi connectivity index (χ1n) is 6.22. The van der Waals surface area contributed by atoms with Gasteiger partial charge in [0, 0.05) is 13.0 Å². The zero-order valence-electron chi connectivity index (χ0n) is 10.8. The van der Waals surface area contributed by atoms with Crippen molar-refractivity contribution in [2.24, 2.45) is 0 Å². The van der Waals surface area contributed by atoms with E-state index in [1.54, 1.807) is 10.7 Å². The van der Waals surface area contributed by atoms with Crippen LogP contribution in [0, 0.1) is 0 Å². The molecule has 1 aliphatic heterocycles. The Balaban J connectivity index is 2.16. The number of methoxy groups -OCH3 is 1. The second kappa shape index (κ2) is 6.10. The molecule has 2 heterocycles. The molecule has 2 rings (SSSR count). The summed E-state index contributed by atoms with van der Waals surface area (Å²) >= 11 is 4.04. The van der Waals surface area contributed by atoms with Crippen LogP contribution in [-0.4, -0.2) is 34.5 Å². The first kappa shape index (κ1) is 13.9. The van der Waals surface area contributed by atoms with E-state index in [2.05, 4.69) is 27.8 Å². The van der Waals surface area contributed by atoms with Crippen LogP contribution in [0.2, 0.25) is 0 Å². The predicted octanol–water partition coefficient (Wildman–Crippen LogP) is 0.941. The van der Waals surface area contributed by atoms with Crippen molar-refractivity contribution in [1.82, 2.24) is 15.1 Å². The monoisotopic (exact) mass is 283 g/mol. The number of hydrogen-bond donors (Lipinski definition) is 2. The molecule has 104 valence electrons. The van der Waals surface area contributed by atoms with E-state index >= 15 is 0 Å². The summed E-state index contributed by atoms with van der Waals surface area (Å²) in [5.41, 5.74) is 1.15. The van der Waals surface area contributed by atoms with Crippen LogP contribution in [0.15, 0.2) is 6.07 Å². The Bertz CT molecular complexity index is 487. The lowest BCUT2D eigenvalue weighted by Gasteiger charge is -2.24. The molecule has 6 nitrogen and oxygen atoms in total. The van der Waals surface area contributed by atoms with Gasteiger partial charge in [-0.1, -0.05) is 0 Å². The maximum atomic E-state index is 11.6. The van der Waals surface area contributed by atoms with Gasteiger partial charge in [0.25, 0.3) is 0 Å². The summed E-state index contributed by atoms with van der Waals surface area (Å²) < 4.78 is 6.42. The lowest BCUT2D eigenvalue weighted by Crippen LogP contribution is -2.32. The first-order valence-corrected chi connectivity index (χ1v) is 6.85.